The summed E-state index contributed by atoms with van der Waals surface area (Å²) in [6.45, 7) is 6.61. The third-order valence-corrected chi connectivity index (χ3v) is 5.10. The fraction of sp³-hybridized carbons (Fsp3) is 0.308. The van der Waals surface area contributed by atoms with Crippen LogP contribution in [0.15, 0.2) is 59.7 Å². The molecule has 4 rings (SSSR count). The van der Waals surface area contributed by atoms with Gasteiger partial charge in [-0.25, -0.2) is 18.2 Å². The zero-order valence-electron chi connectivity index (χ0n) is 18.5. The molecule has 0 saturated carbocycles. The normalized spacial score (nSPS) is 15.1. The molecule has 1 aromatic heterocycles. The summed E-state index contributed by atoms with van der Waals surface area (Å²) in [4.78, 5) is 8.67. The molecular weight excluding hydrogens is 413 g/mol. The monoisotopic (exact) mass is 440 g/mol. The first kappa shape index (κ1) is 23.5. The highest BCUT2D eigenvalue weighted by Gasteiger charge is 2.26. The van der Waals surface area contributed by atoms with Crippen molar-refractivity contribution in [2.24, 2.45) is 4.99 Å². The average molecular weight is 441 g/mol. The molecule has 2 aromatic carbocycles. The van der Waals surface area contributed by atoms with Crippen molar-refractivity contribution in [3.05, 3.63) is 83.3 Å². The summed E-state index contributed by atoms with van der Waals surface area (Å²) in [6, 6.07) is 11.8. The summed E-state index contributed by atoms with van der Waals surface area (Å²) < 4.78 is 48.4. The molecule has 3 nitrogen and oxygen atoms in total. The number of aromatic nitrogens is 1. The number of pyridine rings is 1. The minimum Gasteiger partial charge on any atom is -0.478 e. The van der Waals surface area contributed by atoms with Crippen molar-refractivity contribution >= 4 is 5.71 Å². The van der Waals surface area contributed by atoms with Crippen LogP contribution >= 0.6 is 0 Å². The molecule has 6 heteroatoms. The van der Waals surface area contributed by atoms with Crippen molar-refractivity contribution < 1.29 is 17.9 Å². The molecule has 1 aliphatic heterocycles. The van der Waals surface area contributed by atoms with Gasteiger partial charge < -0.3 is 4.74 Å². The van der Waals surface area contributed by atoms with Crippen molar-refractivity contribution in [3.63, 3.8) is 0 Å². The van der Waals surface area contributed by atoms with Gasteiger partial charge in [-0.2, -0.15) is 0 Å². The number of nitrogens with zero attached hydrogens (tertiary/aromatic N) is 2. The number of halogens is 3. The Labute approximate surface area is 187 Å². The Kier molecular flexibility index (Phi) is 8.03. The molecule has 0 fully saturated rings. The first-order valence-electron chi connectivity index (χ1n) is 11.0. The van der Waals surface area contributed by atoms with Gasteiger partial charge in [0, 0.05) is 29.1 Å². The fourth-order valence-corrected chi connectivity index (χ4v) is 3.60. The van der Waals surface area contributed by atoms with Gasteiger partial charge in [0.05, 0.1) is 18.2 Å². The van der Waals surface area contributed by atoms with E-state index < -0.39 is 23.5 Å². The van der Waals surface area contributed by atoms with E-state index in [1.165, 1.54) is 24.3 Å². The molecule has 0 amide bonds. The van der Waals surface area contributed by atoms with E-state index in [4.69, 9.17) is 4.74 Å². The van der Waals surface area contributed by atoms with Crippen molar-refractivity contribution in [1.29, 1.82) is 0 Å². The highest BCUT2D eigenvalue weighted by molar-refractivity contribution is 6.02. The third-order valence-electron chi connectivity index (χ3n) is 5.10. The van der Waals surface area contributed by atoms with Crippen molar-refractivity contribution in [2.75, 3.05) is 6.61 Å². The van der Waals surface area contributed by atoms with Crippen LogP contribution in [-0.4, -0.2) is 17.3 Å². The lowest BCUT2D eigenvalue weighted by Gasteiger charge is -2.11. The van der Waals surface area contributed by atoms with E-state index in [1.807, 2.05) is 26.8 Å². The SMILES string of the molecule is CC.CCCOc1ccc(-c2ccc([C@H]3CCC(c4c(F)cccc4F)=N3)c(F)c2)cn1. The Hall–Kier alpha value is -3.15. The maximum Gasteiger partial charge on any atom is 0.213 e. The van der Waals surface area contributed by atoms with Crippen LogP contribution in [0.4, 0.5) is 13.2 Å². The van der Waals surface area contributed by atoms with E-state index in [2.05, 4.69) is 9.98 Å². The molecule has 168 valence electrons. The van der Waals surface area contributed by atoms with Crippen LogP contribution in [0, 0.1) is 17.5 Å². The molecule has 0 spiro atoms. The van der Waals surface area contributed by atoms with Gasteiger partial charge in [0.1, 0.15) is 17.5 Å². The summed E-state index contributed by atoms with van der Waals surface area (Å²) in [5, 5.41) is 0. The lowest BCUT2D eigenvalue weighted by atomic mass is 9.99. The molecule has 0 unspecified atom stereocenters. The van der Waals surface area contributed by atoms with E-state index in [-0.39, 0.29) is 5.56 Å². The Morgan fingerprint density at radius 2 is 1.66 bits per heavy atom. The predicted octanol–water partition coefficient (Wildman–Crippen LogP) is 7.31. The molecule has 1 atom stereocenters. The van der Waals surface area contributed by atoms with Crippen LogP contribution in [0.1, 0.15) is 57.2 Å². The quantitative estimate of drug-likeness (QED) is 0.403. The van der Waals surface area contributed by atoms with Crippen LogP contribution < -0.4 is 4.74 Å². The minimum atomic E-state index is -0.649. The van der Waals surface area contributed by atoms with Crippen LogP contribution in [0.2, 0.25) is 0 Å². The number of ether oxygens (including phenoxy) is 1. The Morgan fingerprint density at radius 3 is 2.28 bits per heavy atom. The maximum absolute atomic E-state index is 14.9. The van der Waals surface area contributed by atoms with Gasteiger partial charge in [-0.15, -0.1) is 0 Å². The summed E-state index contributed by atoms with van der Waals surface area (Å²) in [7, 11) is 0. The lowest BCUT2D eigenvalue weighted by molar-refractivity contribution is 0.305. The van der Waals surface area contributed by atoms with Crippen LogP contribution in [0.25, 0.3) is 11.1 Å². The van der Waals surface area contributed by atoms with Gasteiger partial charge in [-0.05, 0) is 49.1 Å². The minimum absolute atomic E-state index is 0.117. The maximum atomic E-state index is 14.9. The van der Waals surface area contributed by atoms with Gasteiger partial charge in [-0.3, -0.25) is 4.99 Å². The number of rotatable bonds is 6. The molecular formula is C26H27F3N2O. The second kappa shape index (κ2) is 10.9. The van der Waals surface area contributed by atoms with Crippen LogP contribution in [-0.2, 0) is 0 Å². The zero-order valence-corrected chi connectivity index (χ0v) is 18.5. The molecule has 32 heavy (non-hydrogen) atoms. The first-order chi connectivity index (χ1) is 15.6. The number of benzene rings is 2. The van der Waals surface area contributed by atoms with Gasteiger partial charge in [-0.1, -0.05) is 39.0 Å². The smallest absolute Gasteiger partial charge is 0.213 e. The van der Waals surface area contributed by atoms with Gasteiger partial charge in [0.25, 0.3) is 0 Å². The Balaban J connectivity index is 0.00000141. The first-order valence-corrected chi connectivity index (χ1v) is 11.0. The Morgan fingerprint density at radius 1 is 0.938 bits per heavy atom. The molecule has 1 aliphatic rings. The average Bonchev–Trinajstić information content (AvgIpc) is 3.28. The van der Waals surface area contributed by atoms with Crippen molar-refractivity contribution in [3.8, 4) is 17.0 Å². The van der Waals surface area contributed by atoms with Gasteiger partial charge >= 0.3 is 0 Å². The third kappa shape index (κ3) is 5.18. The van der Waals surface area contributed by atoms with Crippen molar-refractivity contribution in [1.82, 2.24) is 4.98 Å². The standard InChI is InChI=1S/C24H21F3N2O.C2H6/c1-2-12-30-23-11-7-16(14-28-23)15-6-8-17(20(27)13-15)21-9-10-22(29-21)24-18(25)4-3-5-19(24)26;1-2/h3-8,11,13-14,21H,2,9-10,12H2,1H3;1-2H3/t21-;/m1./s1. The van der Waals surface area contributed by atoms with Gasteiger partial charge in [0.15, 0.2) is 0 Å². The van der Waals surface area contributed by atoms with Crippen LogP contribution in [0.5, 0.6) is 5.88 Å². The Bertz CT molecular complexity index is 1060. The highest BCUT2D eigenvalue weighted by Crippen LogP contribution is 2.35. The van der Waals surface area contributed by atoms with Crippen molar-refractivity contribution in [2.45, 2.75) is 46.1 Å². The molecule has 0 N–H and O–H groups in total. The molecule has 0 radical (unpaired) electrons. The molecule has 3 aromatic rings. The highest BCUT2D eigenvalue weighted by atomic mass is 19.1. The zero-order chi connectivity index (χ0) is 23.1. The predicted molar refractivity (Wildman–Crippen MR) is 122 cm³/mol. The number of hydrogen-bond acceptors (Lipinski definition) is 3. The van der Waals surface area contributed by atoms with Crippen LogP contribution in [0.3, 0.4) is 0 Å². The summed E-state index contributed by atoms with van der Waals surface area (Å²) in [5.41, 5.74) is 2.10. The van der Waals surface area contributed by atoms with E-state index >= 15 is 0 Å². The molecule has 0 bridgehead atoms. The molecule has 0 saturated heterocycles. The van der Waals surface area contributed by atoms with E-state index in [1.54, 1.807) is 24.4 Å². The van der Waals surface area contributed by atoms with E-state index in [0.29, 0.717) is 42.2 Å². The lowest BCUT2D eigenvalue weighted by Crippen LogP contribution is -2.03. The number of aliphatic imine (C=N–C) groups is 1. The molecule has 0 aliphatic carbocycles. The second-order valence-corrected chi connectivity index (χ2v) is 7.20. The summed E-state index contributed by atoms with van der Waals surface area (Å²) >= 11 is 0. The van der Waals surface area contributed by atoms with E-state index in [0.717, 1.165) is 12.0 Å². The molecule has 2 heterocycles. The van der Waals surface area contributed by atoms with E-state index in [9.17, 15) is 13.2 Å². The largest absolute Gasteiger partial charge is 0.478 e. The summed E-state index contributed by atoms with van der Waals surface area (Å²) in [5.74, 6) is -1.16. The summed E-state index contributed by atoms with van der Waals surface area (Å²) in [6.07, 6.45) is 3.44. The fourth-order valence-electron chi connectivity index (χ4n) is 3.60. The van der Waals surface area contributed by atoms with Gasteiger partial charge in [0.2, 0.25) is 5.88 Å². The second-order valence-electron chi connectivity index (χ2n) is 7.20. The topological polar surface area (TPSA) is 34.5 Å². The number of hydrogen-bond donors (Lipinski definition) is 0.